The van der Waals surface area contributed by atoms with Crippen LogP contribution in [0.4, 0.5) is 4.79 Å². The minimum atomic E-state index is -1.12. The Bertz CT molecular complexity index is 177. The van der Waals surface area contributed by atoms with Crippen LogP contribution in [0, 0.1) is 0 Å². The third-order valence-electron chi connectivity index (χ3n) is 0.895. The summed E-state index contributed by atoms with van der Waals surface area (Å²) in [6.45, 7) is 4.45. The van der Waals surface area contributed by atoms with Gasteiger partial charge in [-0.15, -0.1) is 0 Å². The van der Waals surface area contributed by atoms with Crippen LogP contribution in [0.25, 0.3) is 0 Å². The number of nitrogens with one attached hydrogen (secondary N) is 1. The van der Waals surface area contributed by atoms with Gasteiger partial charge in [-0.25, -0.2) is 4.79 Å². The van der Waals surface area contributed by atoms with Crippen molar-refractivity contribution >= 4 is 12.1 Å². The zero-order valence-corrected chi connectivity index (χ0v) is 6.03. The van der Waals surface area contributed by atoms with Crippen LogP contribution in [0.2, 0.25) is 0 Å². The van der Waals surface area contributed by atoms with Crippen molar-refractivity contribution in [3.05, 3.63) is 12.8 Å². The number of hydrogen-bond acceptors (Lipinski definition) is 3. The summed E-state index contributed by atoms with van der Waals surface area (Å²) in [6, 6.07) is -0.956. The van der Waals surface area contributed by atoms with Gasteiger partial charge in [0.2, 0.25) is 0 Å². The Labute approximate surface area is 63.7 Å². The quantitative estimate of drug-likeness (QED) is 0.582. The third-order valence-corrected chi connectivity index (χ3v) is 0.895. The molecule has 1 amide bonds. The number of carbonyl (C=O) groups excluding carboxylic acids is 1. The Morgan fingerprint density at radius 2 is 2.27 bits per heavy atom. The first-order chi connectivity index (χ1) is 5.07. The predicted molar refractivity (Wildman–Crippen MR) is 36.9 cm³/mol. The highest BCUT2D eigenvalue weighted by Gasteiger charge is 2.13. The van der Waals surface area contributed by atoms with Crippen LogP contribution in [-0.4, -0.2) is 23.2 Å². The highest BCUT2D eigenvalue weighted by atomic mass is 16.5. The van der Waals surface area contributed by atoms with Gasteiger partial charge in [-0.2, -0.15) is 0 Å². The van der Waals surface area contributed by atoms with Crippen LogP contribution in [-0.2, 0) is 9.53 Å². The molecule has 0 fully saturated rings. The SMILES string of the molecule is C=COC(=O)N[C@H](C)C(=O)O. The molecular formula is C6H9NO4. The fourth-order valence-corrected chi connectivity index (χ4v) is 0.348. The van der Waals surface area contributed by atoms with Crippen molar-refractivity contribution in [2.75, 3.05) is 0 Å². The normalized spacial score (nSPS) is 11.4. The zero-order chi connectivity index (χ0) is 8.85. The molecule has 1 atom stereocenters. The van der Waals surface area contributed by atoms with Crippen LogP contribution in [0.5, 0.6) is 0 Å². The summed E-state index contributed by atoms with van der Waals surface area (Å²) < 4.78 is 4.21. The van der Waals surface area contributed by atoms with Crippen molar-refractivity contribution in [2.24, 2.45) is 0 Å². The number of carboxylic acid groups (broad SMARTS) is 1. The molecule has 5 nitrogen and oxygen atoms in total. The summed E-state index contributed by atoms with van der Waals surface area (Å²) in [5.41, 5.74) is 0. The van der Waals surface area contributed by atoms with Crippen LogP contribution in [0.1, 0.15) is 6.92 Å². The Balaban J connectivity index is 3.74. The summed E-state index contributed by atoms with van der Waals surface area (Å²) in [4.78, 5) is 20.6. The molecule has 0 aromatic rings. The summed E-state index contributed by atoms with van der Waals surface area (Å²) in [5.74, 6) is -1.12. The number of alkyl carbamates (subject to hydrolysis) is 1. The Morgan fingerprint density at radius 1 is 1.73 bits per heavy atom. The number of rotatable bonds is 3. The monoisotopic (exact) mass is 159 g/mol. The second kappa shape index (κ2) is 4.32. The number of aliphatic carboxylic acids is 1. The second-order valence-corrected chi connectivity index (χ2v) is 1.78. The van der Waals surface area contributed by atoms with Crippen molar-refractivity contribution < 1.29 is 19.4 Å². The van der Waals surface area contributed by atoms with E-state index in [0.717, 1.165) is 6.26 Å². The zero-order valence-electron chi connectivity index (χ0n) is 6.03. The minimum absolute atomic E-state index is 0.824. The molecule has 2 N–H and O–H groups in total. The molecule has 0 aliphatic rings. The van der Waals surface area contributed by atoms with Crippen LogP contribution >= 0.6 is 0 Å². The average Bonchev–Trinajstić information content (AvgIpc) is 1.87. The van der Waals surface area contributed by atoms with Gasteiger partial charge in [-0.05, 0) is 6.92 Å². The van der Waals surface area contributed by atoms with Crippen molar-refractivity contribution in [2.45, 2.75) is 13.0 Å². The van der Waals surface area contributed by atoms with Gasteiger partial charge >= 0.3 is 12.1 Å². The average molecular weight is 159 g/mol. The van der Waals surface area contributed by atoms with Crippen LogP contribution in [0.3, 0.4) is 0 Å². The molecule has 0 unspecified atom stereocenters. The lowest BCUT2D eigenvalue weighted by Gasteiger charge is -2.06. The van der Waals surface area contributed by atoms with E-state index in [9.17, 15) is 9.59 Å². The molecule has 0 aromatic heterocycles. The van der Waals surface area contributed by atoms with E-state index < -0.39 is 18.1 Å². The van der Waals surface area contributed by atoms with E-state index in [1.807, 2.05) is 5.32 Å². The molecule has 0 radical (unpaired) electrons. The number of ether oxygens (including phenoxy) is 1. The third kappa shape index (κ3) is 3.96. The highest BCUT2D eigenvalue weighted by Crippen LogP contribution is 1.83. The van der Waals surface area contributed by atoms with Gasteiger partial charge in [0, 0.05) is 0 Å². The Hall–Kier alpha value is -1.52. The first kappa shape index (κ1) is 9.48. The summed E-state index contributed by atoms with van der Waals surface area (Å²) in [7, 11) is 0. The molecule has 0 aliphatic heterocycles. The molecule has 0 rings (SSSR count). The van der Waals surface area contributed by atoms with E-state index in [1.165, 1.54) is 6.92 Å². The Morgan fingerprint density at radius 3 is 2.64 bits per heavy atom. The van der Waals surface area contributed by atoms with E-state index in [0.29, 0.717) is 0 Å². The lowest BCUT2D eigenvalue weighted by molar-refractivity contribution is -0.138. The largest absolute Gasteiger partial charge is 0.480 e. The summed E-state index contributed by atoms with van der Waals surface area (Å²) in [5, 5.41) is 10.4. The molecule has 0 aromatic carbocycles. The van der Waals surface area contributed by atoms with E-state index in [-0.39, 0.29) is 0 Å². The summed E-state index contributed by atoms with van der Waals surface area (Å²) in [6.07, 6.45) is 0.0964. The lowest BCUT2D eigenvalue weighted by atomic mass is 10.4. The number of amides is 1. The maximum Gasteiger partial charge on any atom is 0.412 e. The topological polar surface area (TPSA) is 75.6 Å². The van der Waals surface area contributed by atoms with Gasteiger partial charge in [0.05, 0.1) is 6.26 Å². The van der Waals surface area contributed by atoms with Gasteiger partial charge < -0.3 is 15.2 Å². The predicted octanol–water partition coefficient (Wildman–Crippen LogP) is 0.329. The molecule has 62 valence electrons. The van der Waals surface area contributed by atoms with Crippen molar-refractivity contribution in [3.8, 4) is 0 Å². The molecular weight excluding hydrogens is 150 g/mol. The standard InChI is InChI=1S/C6H9NO4/c1-3-11-6(10)7-4(2)5(8)9/h3-4H,1H2,2H3,(H,7,10)(H,8,9)/t4-/m1/s1. The van der Waals surface area contributed by atoms with Crippen LogP contribution < -0.4 is 5.32 Å². The van der Waals surface area contributed by atoms with E-state index >= 15 is 0 Å². The lowest BCUT2D eigenvalue weighted by Crippen LogP contribution is -2.37. The van der Waals surface area contributed by atoms with E-state index in [1.54, 1.807) is 0 Å². The molecule has 0 aliphatic carbocycles. The molecule has 0 heterocycles. The van der Waals surface area contributed by atoms with Gasteiger partial charge in [-0.1, -0.05) is 6.58 Å². The minimum Gasteiger partial charge on any atom is -0.480 e. The Kier molecular flexibility index (Phi) is 3.72. The first-order valence-corrected chi connectivity index (χ1v) is 2.88. The molecule has 0 spiro atoms. The first-order valence-electron chi connectivity index (χ1n) is 2.88. The fraction of sp³-hybridized carbons (Fsp3) is 0.333. The van der Waals surface area contributed by atoms with Crippen molar-refractivity contribution in [1.82, 2.24) is 5.32 Å². The summed E-state index contributed by atoms with van der Waals surface area (Å²) >= 11 is 0. The number of carbonyl (C=O) groups is 2. The number of hydrogen-bond donors (Lipinski definition) is 2. The van der Waals surface area contributed by atoms with Gasteiger partial charge in [0.1, 0.15) is 6.04 Å². The molecule has 0 bridgehead atoms. The molecule has 0 saturated carbocycles. The van der Waals surface area contributed by atoms with E-state index in [2.05, 4.69) is 11.3 Å². The fourth-order valence-electron chi connectivity index (χ4n) is 0.348. The van der Waals surface area contributed by atoms with Crippen LogP contribution in [0.15, 0.2) is 12.8 Å². The van der Waals surface area contributed by atoms with Gasteiger partial charge in [0.25, 0.3) is 0 Å². The van der Waals surface area contributed by atoms with Gasteiger partial charge in [0.15, 0.2) is 0 Å². The van der Waals surface area contributed by atoms with E-state index in [4.69, 9.17) is 5.11 Å². The number of carboxylic acids is 1. The highest BCUT2D eigenvalue weighted by molar-refractivity contribution is 5.79. The molecule has 11 heavy (non-hydrogen) atoms. The van der Waals surface area contributed by atoms with Gasteiger partial charge in [-0.3, -0.25) is 4.79 Å². The maximum absolute atomic E-state index is 10.5. The maximum atomic E-state index is 10.5. The van der Waals surface area contributed by atoms with Crippen molar-refractivity contribution in [1.29, 1.82) is 0 Å². The smallest absolute Gasteiger partial charge is 0.412 e. The molecule has 0 saturated heterocycles. The van der Waals surface area contributed by atoms with Crippen molar-refractivity contribution in [3.63, 3.8) is 0 Å². The second-order valence-electron chi connectivity index (χ2n) is 1.78. The molecule has 5 heteroatoms.